The third-order valence-corrected chi connectivity index (χ3v) is 2.36. The Kier molecular flexibility index (Phi) is 5.14. The highest BCUT2D eigenvalue weighted by Crippen LogP contribution is 2.07. The maximum Gasteiger partial charge on any atom is 0.150 e. The lowest BCUT2D eigenvalue weighted by atomic mass is 10.3. The van der Waals surface area contributed by atoms with E-state index in [1.54, 1.807) is 6.07 Å². The summed E-state index contributed by atoms with van der Waals surface area (Å²) in [6.07, 6.45) is 1.09. The van der Waals surface area contributed by atoms with E-state index in [-0.39, 0.29) is 6.61 Å². The van der Waals surface area contributed by atoms with E-state index in [2.05, 4.69) is 34.1 Å². The van der Waals surface area contributed by atoms with E-state index in [1.165, 1.54) is 0 Å². The number of aliphatic hydroxyl groups excluding tert-OH is 1. The van der Waals surface area contributed by atoms with Gasteiger partial charge in [-0.25, -0.2) is 0 Å². The topological polar surface area (TPSA) is 52.5 Å². The SMILES string of the molecule is CN(C)CCCN(C)c1ccc(CO)nn1. The molecule has 90 valence electrons. The van der Waals surface area contributed by atoms with Gasteiger partial charge in [0, 0.05) is 13.6 Å². The molecule has 1 aromatic heterocycles. The minimum Gasteiger partial charge on any atom is -0.390 e. The summed E-state index contributed by atoms with van der Waals surface area (Å²) >= 11 is 0. The number of hydrogen-bond acceptors (Lipinski definition) is 5. The van der Waals surface area contributed by atoms with Gasteiger partial charge in [0.05, 0.1) is 12.3 Å². The van der Waals surface area contributed by atoms with Crippen LogP contribution in [0.4, 0.5) is 5.82 Å². The fourth-order valence-electron chi connectivity index (χ4n) is 1.38. The summed E-state index contributed by atoms with van der Waals surface area (Å²) in [6, 6.07) is 3.68. The lowest BCUT2D eigenvalue weighted by Gasteiger charge is -2.18. The van der Waals surface area contributed by atoms with Crippen molar-refractivity contribution in [2.24, 2.45) is 0 Å². The van der Waals surface area contributed by atoms with Crippen molar-refractivity contribution in [2.45, 2.75) is 13.0 Å². The standard InChI is InChI=1S/C11H20N4O/c1-14(2)7-4-8-15(3)11-6-5-10(9-16)12-13-11/h5-6,16H,4,7-9H2,1-3H3. The predicted molar refractivity (Wildman–Crippen MR) is 64.4 cm³/mol. The van der Waals surface area contributed by atoms with Crippen molar-refractivity contribution in [2.75, 3.05) is 39.1 Å². The Morgan fingerprint density at radius 1 is 1.12 bits per heavy atom. The van der Waals surface area contributed by atoms with Gasteiger partial charge in [-0.3, -0.25) is 0 Å². The zero-order valence-corrected chi connectivity index (χ0v) is 10.2. The van der Waals surface area contributed by atoms with Crippen molar-refractivity contribution in [1.82, 2.24) is 15.1 Å². The molecule has 1 heterocycles. The summed E-state index contributed by atoms with van der Waals surface area (Å²) in [6.45, 7) is 1.95. The van der Waals surface area contributed by atoms with Crippen LogP contribution in [0.2, 0.25) is 0 Å². The fourth-order valence-corrected chi connectivity index (χ4v) is 1.38. The largest absolute Gasteiger partial charge is 0.390 e. The van der Waals surface area contributed by atoms with E-state index in [0.29, 0.717) is 5.69 Å². The van der Waals surface area contributed by atoms with Gasteiger partial charge >= 0.3 is 0 Å². The molecule has 0 spiro atoms. The van der Waals surface area contributed by atoms with Gasteiger partial charge in [-0.15, -0.1) is 5.10 Å². The maximum atomic E-state index is 8.85. The fraction of sp³-hybridized carbons (Fsp3) is 0.636. The molecule has 0 aliphatic carbocycles. The molecule has 0 aliphatic rings. The number of aromatic nitrogens is 2. The third kappa shape index (κ3) is 4.12. The number of anilines is 1. The first-order chi connectivity index (χ1) is 7.63. The second-order valence-electron chi connectivity index (χ2n) is 4.12. The third-order valence-electron chi connectivity index (χ3n) is 2.36. The Morgan fingerprint density at radius 2 is 1.88 bits per heavy atom. The molecular formula is C11H20N4O. The molecule has 1 rings (SSSR count). The molecule has 0 radical (unpaired) electrons. The molecule has 0 aromatic carbocycles. The predicted octanol–water partition coefficient (Wildman–Crippen LogP) is 0.357. The molecule has 0 atom stereocenters. The second-order valence-corrected chi connectivity index (χ2v) is 4.12. The molecule has 1 N–H and O–H groups in total. The van der Waals surface area contributed by atoms with E-state index in [9.17, 15) is 0 Å². The van der Waals surface area contributed by atoms with Crippen LogP contribution < -0.4 is 4.90 Å². The van der Waals surface area contributed by atoms with Crippen LogP contribution in [0.15, 0.2) is 12.1 Å². The summed E-state index contributed by atoms with van der Waals surface area (Å²) in [4.78, 5) is 4.23. The van der Waals surface area contributed by atoms with Gasteiger partial charge in [0.1, 0.15) is 0 Å². The number of hydrogen-bond donors (Lipinski definition) is 1. The Labute approximate surface area is 96.7 Å². The molecule has 0 saturated carbocycles. The summed E-state index contributed by atoms with van der Waals surface area (Å²) in [5.74, 6) is 0.843. The molecule has 0 bridgehead atoms. The van der Waals surface area contributed by atoms with E-state index in [4.69, 9.17) is 5.11 Å². The second kappa shape index (κ2) is 6.40. The molecule has 0 amide bonds. The zero-order chi connectivity index (χ0) is 12.0. The minimum absolute atomic E-state index is 0.0579. The first-order valence-electron chi connectivity index (χ1n) is 5.43. The zero-order valence-electron chi connectivity index (χ0n) is 10.2. The maximum absolute atomic E-state index is 8.85. The van der Waals surface area contributed by atoms with Crippen LogP contribution in [0, 0.1) is 0 Å². The molecule has 0 saturated heterocycles. The molecule has 0 fully saturated rings. The van der Waals surface area contributed by atoms with Gasteiger partial charge in [0.2, 0.25) is 0 Å². The molecule has 0 unspecified atom stereocenters. The van der Waals surface area contributed by atoms with Crippen molar-refractivity contribution < 1.29 is 5.11 Å². The van der Waals surface area contributed by atoms with Crippen molar-refractivity contribution in [3.05, 3.63) is 17.8 Å². The Balaban J connectivity index is 2.43. The highest BCUT2D eigenvalue weighted by Gasteiger charge is 2.03. The lowest BCUT2D eigenvalue weighted by Crippen LogP contribution is -2.24. The van der Waals surface area contributed by atoms with Crippen LogP contribution in [0.5, 0.6) is 0 Å². The van der Waals surface area contributed by atoms with Crippen molar-refractivity contribution in [1.29, 1.82) is 0 Å². The number of aliphatic hydroxyl groups is 1. The first-order valence-corrected chi connectivity index (χ1v) is 5.43. The highest BCUT2D eigenvalue weighted by molar-refractivity contribution is 5.35. The van der Waals surface area contributed by atoms with E-state index in [1.807, 2.05) is 13.1 Å². The number of nitrogens with zero attached hydrogens (tertiary/aromatic N) is 4. The van der Waals surface area contributed by atoms with Crippen LogP contribution in [-0.2, 0) is 6.61 Å². The molecule has 5 heteroatoms. The minimum atomic E-state index is -0.0579. The van der Waals surface area contributed by atoms with E-state index < -0.39 is 0 Å². The van der Waals surface area contributed by atoms with Crippen LogP contribution in [-0.4, -0.2) is 54.4 Å². The number of rotatable bonds is 6. The van der Waals surface area contributed by atoms with Crippen LogP contribution >= 0.6 is 0 Å². The monoisotopic (exact) mass is 224 g/mol. The summed E-state index contributed by atoms with van der Waals surface area (Å²) in [5.41, 5.74) is 0.602. The summed E-state index contributed by atoms with van der Waals surface area (Å²) in [7, 11) is 6.13. The molecule has 0 aliphatic heterocycles. The Hall–Kier alpha value is -1.20. The lowest BCUT2D eigenvalue weighted by molar-refractivity contribution is 0.275. The Bertz CT molecular complexity index is 299. The molecule has 1 aromatic rings. The van der Waals surface area contributed by atoms with Gasteiger partial charge in [-0.1, -0.05) is 0 Å². The highest BCUT2D eigenvalue weighted by atomic mass is 16.3. The van der Waals surface area contributed by atoms with Crippen LogP contribution in [0.1, 0.15) is 12.1 Å². The van der Waals surface area contributed by atoms with Crippen molar-refractivity contribution in [3.63, 3.8) is 0 Å². The first kappa shape index (κ1) is 12.9. The van der Waals surface area contributed by atoms with Gasteiger partial charge in [-0.05, 0) is 39.2 Å². The molecular weight excluding hydrogens is 204 g/mol. The van der Waals surface area contributed by atoms with E-state index in [0.717, 1.165) is 25.3 Å². The van der Waals surface area contributed by atoms with Crippen LogP contribution in [0.3, 0.4) is 0 Å². The van der Waals surface area contributed by atoms with Gasteiger partial charge in [0.15, 0.2) is 5.82 Å². The quantitative estimate of drug-likeness (QED) is 0.756. The normalized spacial score (nSPS) is 10.8. The van der Waals surface area contributed by atoms with Crippen molar-refractivity contribution in [3.8, 4) is 0 Å². The van der Waals surface area contributed by atoms with Crippen molar-refractivity contribution >= 4 is 5.82 Å². The molecule has 16 heavy (non-hydrogen) atoms. The average molecular weight is 224 g/mol. The smallest absolute Gasteiger partial charge is 0.150 e. The van der Waals surface area contributed by atoms with Gasteiger partial charge in [0.25, 0.3) is 0 Å². The molecule has 5 nitrogen and oxygen atoms in total. The van der Waals surface area contributed by atoms with Gasteiger partial charge < -0.3 is 14.9 Å². The van der Waals surface area contributed by atoms with Gasteiger partial charge in [-0.2, -0.15) is 5.10 Å². The summed E-state index contributed by atoms with van der Waals surface area (Å²) < 4.78 is 0. The average Bonchev–Trinajstić information content (AvgIpc) is 2.28. The van der Waals surface area contributed by atoms with E-state index >= 15 is 0 Å². The van der Waals surface area contributed by atoms with Crippen LogP contribution in [0.25, 0.3) is 0 Å². The summed E-state index contributed by atoms with van der Waals surface area (Å²) in [5, 5.41) is 16.8. The Morgan fingerprint density at radius 3 is 2.38 bits per heavy atom.